The molecular weight excluding hydrogens is 419 g/mol. The molecule has 2 aromatic rings. The van der Waals surface area contributed by atoms with Crippen LogP contribution in [-0.2, 0) is 11.2 Å². The Hall–Kier alpha value is -2.10. The van der Waals surface area contributed by atoms with Crippen LogP contribution in [0.5, 0.6) is 0 Å². The highest BCUT2D eigenvalue weighted by atomic mass is 79.9. The number of halogens is 2. The third kappa shape index (κ3) is 5.21. The van der Waals surface area contributed by atoms with Gasteiger partial charge in [-0.05, 0) is 66.0 Å². The number of nitrogens with zero attached hydrogens (tertiary/aromatic N) is 2. The van der Waals surface area contributed by atoms with Crippen molar-refractivity contribution >= 4 is 33.2 Å². The van der Waals surface area contributed by atoms with Crippen LogP contribution >= 0.6 is 15.9 Å². The number of ketones is 1. The summed E-state index contributed by atoms with van der Waals surface area (Å²) in [7, 11) is 0. The number of hydroxylamine groups is 1. The summed E-state index contributed by atoms with van der Waals surface area (Å²) in [4.78, 5) is 16.6. The van der Waals surface area contributed by atoms with Gasteiger partial charge in [0.15, 0.2) is 11.5 Å². The number of piperidine rings is 1. The van der Waals surface area contributed by atoms with Crippen molar-refractivity contribution in [3.63, 3.8) is 0 Å². The Labute approximate surface area is 164 Å². The van der Waals surface area contributed by atoms with Crippen LogP contribution in [0.25, 0.3) is 0 Å². The van der Waals surface area contributed by atoms with E-state index >= 15 is 0 Å². The number of rotatable bonds is 6. The molecule has 1 aromatic heterocycles. The lowest BCUT2D eigenvalue weighted by Crippen LogP contribution is -2.29. The molecule has 1 saturated heterocycles. The van der Waals surface area contributed by atoms with Gasteiger partial charge in [-0.25, -0.2) is 9.38 Å². The van der Waals surface area contributed by atoms with Crippen molar-refractivity contribution in [1.29, 1.82) is 0 Å². The molecule has 2 heterocycles. The first-order chi connectivity index (χ1) is 13.1. The van der Waals surface area contributed by atoms with E-state index in [1.807, 2.05) is 5.48 Å². The number of aliphatic imine (C=N–C) groups is 1. The molecule has 9 heteroatoms. The third-order valence-corrected chi connectivity index (χ3v) is 5.09. The van der Waals surface area contributed by atoms with Gasteiger partial charge in [0.05, 0.1) is 10.2 Å². The predicted octanol–water partition coefficient (Wildman–Crippen LogP) is 3.13. The summed E-state index contributed by atoms with van der Waals surface area (Å²) in [6.45, 7) is 1.88. The Morgan fingerprint density at radius 1 is 1.44 bits per heavy atom. The number of Topliss-reactive ketones (excluding diaryl/α,β-unsaturated/α-hetero) is 1. The lowest BCUT2D eigenvalue weighted by molar-refractivity contribution is -0.119. The summed E-state index contributed by atoms with van der Waals surface area (Å²) >= 11 is 3.09. The fraction of sp³-hybridized carbons (Fsp3) is 0.389. The number of hydrogen-bond donors (Lipinski definition) is 3. The van der Waals surface area contributed by atoms with Gasteiger partial charge in [-0.3, -0.25) is 15.5 Å². The van der Waals surface area contributed by atoms with E-state index in [9.17, 15) is 14.4 Å². The second kappa shape index (κ2) is 9.20. The van der Waals surface area contributed by atoms with Gasteiger partial charge in [-0.1, -0.05) is 5.16 Å². The van der Waals surface area contributed by atoms with Gasteiger partial charge >= 0.3 is 0 Å². The maximum absolute atomic E-state index is 13.4. The number of aromatic nitrogens is 1. The van der Waals surface area contributed by atoms with Crippen LogP contribution in [0.4, 0.5) is 10.1 Å². The smallest absolute Gasteiger partial charge is 0.180 e. The van der Waals surface area contributed by atoms with Gasteiger partial charge in [-0.15, -0.1) is 0 Å². The minimum Gasteiger partial charge on any atom is -0.364 e. The van der Waals surface area contributed by atoms with Crippen molar-refractivity contribution < 1.29 is 18.9 Å². The summed E-state index contributed by atoms with van der Waals surface area (Å²) < 4.78 is 18.6. The van der Waals surface area contributed by atoms with E-state index in [0.717, 1.165) is 25.9 Å². The quantitative estimate of drug-likeness (QED) is 0.364. The predicted molar refractivity (Wildman–Crippen MR) is 101 cm³/mol. The molecule has 0 amide bonds. The molecule has 1 aliphatic rings. The van der Waals surface area contributed by atoms with Crippen molar-refractivity contribution in [1.82, 2.24) is 16.0 Å². The molecule has 0 aliphatic carbocycles. The Balaban J connectivity index is 1.74. The van der Waals surface area contributed by atoms with E-state index < -0.39 is 5.82 Å². The first-order valence-corrected chi connectivity index (χ1v) is 9.46. The van der Waals surface area contributed by atoms with Gasteiger partial charge < -0.3 is 9.84 Å². The first-order valence-electron chi connectivity index (χ1n) is 8.66. The molecule has 0 saturated carbocycles. The van der Waals surface area contributed by atoms with Crippen LogP contribution in [0.1, 0.15) is 30.5 Å². The second-order valence-corrected chi connectivity index (χ2v) is 7.33. The van der Waals surface area contributed by atoms with Gasteiger partial charge in [0.1, 0.15) is 17.9 Å². The summed E-state index contributed by atoms with van der Waals surface area (Å²) in [6, 6.07) is 4.18. The average Bonchev–Trinajstić information content (AvgIpc) is 3.11. The van der Waals surface area contributed by atoms with Crippen LogP contribution in [-0.4, -0.2) is 35.1 Å². The van der Waals surface area contributed by atoms with Gasteiger partial charge in [0, 0.05) is 18.4 Å². The fourth-order valence-electron chi connectivity index (χ4n) is 3.08. The fourth-order valence-corrected chi connectivity index (χ4v) is 3.45. The maximum atomic E-state index is 13.4. The van der Waals surface area contributed by atoms with E-state index in [1.54, 1.807) is 0 Å². The SMILES string of the molecule is O=C(Cc1conc1C(=Nc1ccc(F)c(Br)c1)NO)CC1CCNCC1. The number of nitrogens with one attached hydrogen (secondary N) is 2. The minimum absolute atomic E-state index is 0.0203. The molecule has 27 heavy (non-hydrogen) atoms. The highest BCUT2D eigenvalue weighted by Crippen LogP contribution is 2.23. The Morgan fingerprint density at radius 2 is 2.22 bits per heavy atom. The Morgan fingerprint density at radius 3 is 2.93 bits per heavy atom. The molecular formula is C18H20BrFN4O3. The highest BCUT2D eigenvalue weighted by molar-refractivity contribution is 9.10. The largest absolute Gasteiger partial charge is 0.364 e. The van der Waals surface area contributed by atoms with E-state index in [4.69, 9.17) is 4.52 Å². The van der Waals surface area contributed by atoms with Crippen LogP contribution in [0, 0.1) is 11.7 Å². The van der Waals surface area contributed by atoms with E-state index in [1.165, 1.54) is 24.5 Å². The maximum Gasteiger partial charge on any atom is 0.180 e. The molecule has 0 atom stereocenters. The van der Waals surface area contributed by atoms with Crippen LogP contribution < -0.4 is 10.8 Å². The zero-order valence-corrected chi connectivity index (χ0v) is 16.1. The highest BCUT2D eigenvalue weighted by Gasteiger charge is 2.21. The van der Waals surface area contributed by atoms with Crippen molar-refractivity contribution in [3.05, 3.63) is 46.0 Å². The number of benzene rings is 1. The Kier molecular flexibility index (Phi) is 6.70. The number of hydrogen-bond acceptors (Lipinski definition) is 6. The summed E-state index contributed by atoms with van der Waals surface area (Å²) in [6.07, 6.45) is 4.02. The lowest BCUT2D eigenvalue weighted by atomic mass is 9.91. The molecule has 0 bridgehead atoms. The summed E-state index contributed by atoms with van der Waals surface area (Å²) in [5.74, 6) is 0.0842. The van der Waals surface area contributed by atoms with Crippen molar-refractivity contribution in [2.45, 2.75) is 25.7 Å². The van der Waals surface area contributed by atoms with Gasteiger partial charge in [0.25, 0.3) is 0 Å². The first kappa shape index (κ1) is 19.7. The van der Waals surface area contributed by atoms with E-state index in [2.05, 4.69) is 31.4 Å². The Bertz CT molecular complexity index is 834. The molecule has 3 N–H and O–H groups in total. The molecule has 3 rings (SSSR count). The summed E-state index contributed by atoms with van der Waals surface area (Å²) in [5, 5.41) is 16.6. The zero-order chi connectivity index (χ0) is 19.2. The van der Waals surface area contributed by atoms with E-state index in [0.29, 0.717) is 23.6 Å². The van der Waals surface area contributed by atoms with Crippen molar-refractivity contribution in [2.75, 3.05) is 13.1 Å². The molecule has 1 aromatic carbocycles. The molecule has 1 aliphatic heterocycles. The normalized spacial score (nSPS) is 15.7. The standard InChI is InChI=1S/C18H20BrFN4O3/c19-15-9-13(1-2-16(15)20)22-18(23-26)17-12(10-27-24-17)8-14(25)7-11-3-5-21-6-4-11/h1-2,9-11,21,26H,3-8H2,(H,22,23). The average molecular weight is 439 g/mol. The molecule has 0 spiro atoms. The summed E-state index contributed by atoms with van der Waals surface area (Å²) in [5.41, 5.74) is 3.16. The van der Waals surface area contributed by atoms with Crippen LogP contribution in [0.2, 0.25) is 0 Å². The van der Waals surface area contributed by atoms with E-state index in [-0.39, 0.29) is 28.2 Å². The van der Waals surface area contributed by atoms with Gasteiger partial charge in [0.2, 0.25) is 0 Å². The molecule has 0 radical (unpaired) electrons. The van der Waals surface area contributed by atoms with Crippen molar-refractivity contribution in [2.24, 2.45) is 10.9 Å². The molecule has 1 fully saturated rings. The van der Waals surface area contributed by atoms with Crippen LogP contribution in [0.3, 0.4) is 0 Å². The molecule has 7 nitrogen and oxygen atoms in total. The lowest BCUT2D eigenvalue weighted by Gasteiger charge is -2.21. The number of carbonyl (C=O) groups is 1. The second-order valence-electron chi connectivity index (χ2n) is 6.47. The van der Waals surface area contributed by atoms with Crippen LogP contribution in [0.15, 0.2) is 38.5 Å². The third-order valence-electron chi connectivity index (χ3n) is 4.48. The van der Waals surface area contributed by atoms with Gasteiger partial charge in [-0.2, -0.15) is 0 Å². The zero-order valence-electron chi connectivity index (χ0n) is 14.5. The number of amidine groups is 1. The minimum atomic E-state index is -0.418. The topological polar surface area (TPSA) is 99.8 Å². The molecule has 144 valence electrons. The molecule has 0 unspecified atom stereocenters. The monoisotopic (exact) mass is 438 g/mol. The number of carbonyl (C=O) groups excluding carboxylic acids is 1. The van der Waals surface area contributed by atoms with Crippen molar-refractivity contribution in [3.8, 4) is 0 Å².